The molecule has 0 spiro atoms. The van der Waals surface area contributed by atoms with Gasteiger partial charge in [0.25, 0.3) is 0 Å². The van der Waals surface area contributed by atoms with Crippen molar-refractivity contribution in [2.45, 2.75) is 51.1 Å². The van der Waals surface area contributed by atoms with Crippen molar-refractivity contribution in [3.8, 4) is 0 Å². The molecule has 1 fully saturated rings. The lowest BCUT2D eigenvalue weighted by Crippen LogP contribution is -2.45. The predicted molar refractivity (Wildman–Crippen MR) is 116 cm³/mol. The van der Waals surface area contributed by atoms with Gasteiger partial charge < -0.3 is 19.7 Å². The van der Waals surface area contributed by atoms with Crippen molar-refractivity contribution < 1.29 is 35.9 Å². The Labute approximate surface area is 198 Å². The van der Waals surface area contributed by atoms with Gasteiger partial charge in [-0.15, -0.1) is 0 Å². The molecule has 0 saturated heterocycles. The molecule has 1 aromatic heterocycles. The van der Waals surface area contributed by atoms with Crippen molar-refractivity contribution in [2.24, 2.45) is 7.05 Å². The molecule has 3 rings (SSSR count). The molecule has 1 saturated carbocycles. The first-order valence-corrected chi connectivity index (χ1v) is 11.0. The van der Waals surface area contributed by atoms with E-state index in [9.17, 15) is 35.9 Å². The van der Waals surface area contributed by atoms with Crippen LogP contribution in [0.1, 0.15) is 43.0 Å². The fourth-order valence-corrected chi connectivity index (χ4v) is 3.65. The van der Waals surface area contributed by atoms with Gasteiger partial charge >= 0.3 is 18.4 Å². The highest BCUT2D eigenvalue weighted by atomic mass is 19.4. The van der Waals surface area contributed by atoms with Gasteiger partial charge in [0.1, 0.15) is 6.54 Å². The number of aromatic nitrogens is 1. The van der Waals surface area contributed by atoms with Crippen molar-refractivity contribution in [1.82, 2.24) is 14.4 Å². The molecule has 1 aliphatic rings. The highest BCUT2D eigenvalue weighted by Crippen LogP contribution is 2.37. The van der Waals surface area contributed by atoms with Crippen molar-refractivity contribution >= 4 is 17.6 Å². The molecule has 6 nitrogen and oxygen atoms in total. The molecule has 1 heterocycles. The summed E-state index contributed by atoms with van der Waals surface area (Å²) in [5.41, 5.74) is -2.85. The molecule has 0 aliphatic heterocycles. The Morgan fingerprint density at radius 2 is 1.66 bits per heavy atom. The smallest absolute Gasteiger partial charge is 0.353 e. The summed E-state index contributed by atoms with van der Waals surface area (Å²) < 4.78 is 80.7. The van der Waals surface area contributed by atoms with Gasteiger partial charge in [-0.25, -0.2) is 4.79 Å². The number of halogens is 6. The lowest BCUT2D eigenvalue weighted by atomic mass is 10.1. The third-order valence-electron chi connectivity index (χ3n) is 5.64. The summed E-state index contributed by atoms with van der Waals surface area (Å²) in [4.78, 5) is 28.6. The first-order chi connectivity index (χ1) is 16.3. The van der Waals surface area contributed by atoms with Gasteiger partial charge in [-0.2, -0.15) is 26.3 Å². The van der Waals surface area contributed by atoms with Crippen LogP contribution in [0.4, 0.5) is 36.8 Å². The molecule has 1 aliphatic carbocycles. The zero-order chi connectivity index (χ0) is 26.0. The molecule has 2 aromatic rings. The molecule has 12 heteroatoms. The van der Waals surface area contributed by atoms with Gasteiger partial charge in [0.05, 0.1) is 17.7 Å². The van der Waals surface area contributed by atoms with Crippen molar-refractivity contribution in [3.63, 3.8) is 0 Å². The Morgan fingerprint density at radius 1 is 1.06 bits per heavy atom. The normalized spacial score (nSPS) is 14.1. The number of nitrogens with zero attached hydrogens (tertiary/aromatic N) is 3. The van der Waals surface area contributed by atoms with Crippen molar-refractivity contribution in [1.29, 1.82) is 0 Å². The summed E-state index contributed by atoms with van der Waals surface area (Å²) >= 11 is 0. The zero-order valence-electron chi connectivity index (χ0n) is 19.2. The SMILES string of the molecule is CCCN(CC(=O)N(Cc1cccn1C)C1CC1)C(=O)Nc1cc(C(F)(F)F)cc(C(F)(F)F)c1. The molecular weight excluding hydrogens is 478 g/mol. The minimum Gasteiger partial charge on any atom is -0.353 e. The lowest BCUT2D eigenvalue weighted by Gasteiger charge is -2.28. The summed E-state index contributed by atoms with van der Waals surface area (Å²) in [6, 6.07) is 3.64. The maximum absolute atomic E-state index is 13.1. The van der Waals surface area contributed by atoms with Gasteiger partial charge in [-0.1, -0.05) is 6.92 Å². The maximum Gasteiger partial charge on any atom is 0.416 e. The summed E-state index contributed by atoms with van der Waals surface area (Å²) in [6.45, 7) is 1.80. The lowest BCUT2D eigenvalue weighted by molar-refractivity contribution is -0.143. The second-order valence-electron chi connectivity index (χ2n) is 8.51. The number of hydrogen-bond donors (Lipinski definition) is 1. The minimum absolute atomic E-state index is 0.0138. The van der Waals surface area contributed by atoms with Crippen LogP contribution >= 0.6 is 0 Å². The number of aryl methyl sites for hydroxylation is 1. The predicted octanol–water partition coefficient (Wildman–Crippen LogP) is 5.50. The Hall–Kier alpha value is -3.18. The van der Waals surface area contributed by atoms with Crippen LogP contribution in [0.15, 0.2) is 36.5 Å². The fraction of sp³-hybridized carbons (Fsp3) is 0.478. The highest BCUT2D eigenvalue weighted by molar-refractivity contribution is 5.92. The van der Waals surface area contributed by atoms with Gasteiger partial charge in [0.2, 0.25) is 5.91 Å². The average Bonchev–Trinajstić information content (AvgIpc) is 3.51. The van der Waals surface area contributed by atoms with Crippen LogP contribution in [0, 0.1) is 0 Å². The summed E-state index contributed by atoms with van der Waals surface area (Å²) in [5.74, 6) is -0.350. The van der Waals surface area contributed by atoms with Gasteiger partial charge in [0, 0.05) is 37.2 Å². The number of rotatable bonds is 8. The van der Waals surface area contributed by atoms with Gasteiger partial charge in [-0.3, -0.25) is 4.79 Å². The maximum atomic E-state index is 13.1. The average molecular weight is 504 g/mol. The first-order valence-electron chi connectivity index (χ1n) is 11.0. The number of anilines is 1. The Morgan fingerprint density at radius 3 is 2.11 bits per heavy atom. The van der Waals surface area contributed by atoms with E-state index in [0.717, 1.165) is 23.4 Å². The third-order valence-corrected chi connectivity index (χ3v) is 5.64. The van der Waals surface area contributed by atoms with Crippen LogP contribution < -0.4 is 5.32 Å². The van der Waals surface area contributed by atoms with Crippen molar-refractivity contribution in [3.05, 3.63) is 53.3 Å². The van der Waals surface area contributed by atoms with Crippen molar-refractivity contribution in [2.75, 3.05) is 18.4 Å². The minimum atomic E-state index is -5.04. The number of benzene rings is 1. The number of urea groups is 1. The van der Waals surface area contributed by atoms with Crippen LogP contribution in [-0.4, -0.2) is 45.4 Å². The molecule has 0 unspecified atom stereocenters. The highest BCUT2D eigenvalue weighted by Gasteiger charge is 2.38. The molecule has 0 radical (unpaired) electrons. The van der Waals surface area contributed by atoms with E-state index in [1.807, 2.05) is 29.9 Å². The van der Waals surface area contributed by atoms with Crippen LogP contribution in [-0.2, 0) is 30.7 Å². The third kappa shape index (κ3) is 6.92. The number of hydrogen-bond acceptors (Lipinski definition) is 2. The molecule has 0 bridgehead atoms. The second-order valence-corrected chi connectivity index (χ2v) is 8.51. The van der Waals surface area contributed by atoms with E-state index in [0.29, 0.717) is 25.1 Å². The van der Waals surface area contributed by atoms with Crippen LogP contribution in [0.25, 0.3) is 0 Å². The Balaban J connectivity index is 1.78. The van der Waals surface area contributed by atoms with E-state index >= 15 is 0 Å². The number of alkyl halides is 6. The monoisotopic (exact) mass is 504 g/mol. The van der Waals surface area contributed by atoms with Crippen LogP contribution in [0.3, 0.4) is 0 Å². The Bertz CT molecular complexity index is 1030. The topological polar surface area (TPSA) is 57.6 Å². The van der Waals surface area contributed by atoms with E-state index < -0.39 is 35.2 Å². The molecule has 0 atom stereocenters. The zero-order valence-corrected chi connectivity index (χ0v) is 19.2. The second kappa shape index (κ2) is 10.2. The number of carbonyl (C=O) groups is 2. The standard InChI is InChI=1S/C23H26F6N4O2/c1-3-8-32(14-20(34)33(18-6-7-18)13-19-5-4-9-31(19)2)21(35)30-17-11-15(22(24,25)26)10-16(12-17)23(27,28)29/h4-5,9-12,18H,3,6-8,13-14H2,1-2H3,(H,30,35). The molecule has 3 amide bonds. The van der Waals surface area contributed by atoms with Gasteiger partial charge in [0.15, 0.2) is 0 Å². The largest absolute Gasteiger partial charge is 0.416 e. The van der Waals surface area contributed by atoms with E-state index in [1.54, 1.807) is 11.8 Å². The molecule has 1 N–H and O–H groups in total. The number of nitrogens with one attached hydrogen (secondary N) is 1. The van der Waals surface area contributed by atoms with E-state index in [1.165, 1.54) is 0 Å². The van der Waals surface area contributed by atoms with Crippen LogP contribution in [0.2, 0.25) is 0 Å². The summed E-state index contributed by atoms with van der Waals surface area (Å²) in [7, 11) is 1.84. The van der Waals surface area contributed by atoms with E-state index in [2.05, 4.69) is 5.32 Å². The molecular formula is C23H26F6N4O2. The Kier molecular flexibility index (Phi) is 7.71. The molecule has 1 aromatic carbocycles. The first kappa shape index (κ1) is 26.4. The molecule has 35 heavy (non-hydrogen) atoms. The van der Waals surface area contributed by atoms with Crippen LogP contribution in [0.5, 0.6) is 0 Å². The quantitative estimate of drug-likeness (QED) is 0.483. The van der Waals surface area contributed by atoms with E-state index in [-0.39, 0.29) is 31.1 Å². The molecule has 192 valence electrons. The fourth-order valence-electron chi connectivity index (χ4n) is 3.65. The summed E-state index contributed by atoms with van der Waals surface area (Å²) in [5, 5.41) is 2.11. The summed E-state index contributed by atoms with van der Waals surface area (Å²) in [6.07, 6.45) is -6.17. The number of carbonyl (C=O) groups excluding carboxylic acids is 2. The van der Waals surface area contributed by atoms with Gasteiger partial charge in [-0.05, 0) is 49.6 Å². The number of amides is 3. The van der Waals surface area contributed by atoms with E-state index in [4.69, 9.17) is 0 Å².